The number of esters is 1. The van der Waals surface area contributed by atoms with Crippen molar-refractivity contribution in [1.29, 1.82) is 0 Å². The molecule has 0 aliphatic heterocycles. The van der Waals surface area contributed by atoms with E-state index < -0.39 is 5.97 Å². The number of nitrogens with one attached hydrogen (secondary N) is 2. The minimum Gasteiger partial charge on any atom is -0.465 e. The Morgan fingerprint density at radius 3 is 2.82 bits per heavy atom. The molecule has 6 nitrogen and oxygen atoms in total. The fraction of sp³-hybridized carbons (Fsp3) is 0.133. The quantitative estimate of drug-likeness (QED) is 0.389. The van der Waals surface area contributed by atoms with E-state index in [1.165, 1.54) is 13.3 Å². The van der Waals surface area contributed by atoms with Gasteiger partial charge in [0.1, 0.15) is 11.5 Å². The van der Waals surface area contributed by atoms with E-state index in [0.717, 1.165) is 0 Å². The molecule has 0 aliphatic rings. The molecule has 0 spiro atoms. The van der Waals surface area contributed by atoms with Gasteiger partial charge in [-0.05, 0) is 30.4 Å². The molecule has 1 heterocycles. The van der Waals surface area contributed by atoms with E-state index in [9.17, 15) is 4.79 Å². The molecule has 1 aromatic carbocycles. The van der Waals surface area contributed by atoms with Crippen LogP contribution in [0.1, 0.15) is 16.1 Å². The number of hydrogen-bond donors (Lipinski definition) is 2. The smallest absolute Gasteiger partial charge is 0.338 e. The summed E-state index contributed by atoms with van der Waals surface area (Å²) in [6, 6.07) is 10.6. The maximum absolute atomic E-state index is 11.8. The van der Waals surface area contributed by atoms with Crippen LogP contribution in [0.4, 0.5) is 0 Å². The van der Waals surface area contributed by atoms with E-state index in [2.05, 4.69) is 15.8 Å². The van der Waals surface area contributed by atoms with Gasteiger partial charge in [-0.1, -0.05) is 18.2 Å². The van der Waals surface area contributed by atoms with Gasteiger partial charge in [0.15, 0.2) is 5.11 Å². The van der Waals surface area contributed by atoms with E-state index >= 15 is 0 Å². The predicted octanol–water partition coefficient (Wildman–Crippen LogP) is 2.16. The summed E-state index contributed by atoms with van der Waals surface area (Å²) < 4.78 is 10.4. The zero-order valence-electron chi connectivity index (χ0n) is 12.1. The molecule has 0 unspecified atom stereocenters. The Hall–Kier alpha value is -2.67. The van der Waals surface area contributed by atoms with Crippen molar-refractivity contribution < 1.29 is 13.9 Å². The van der Waals surface area contributed by atoms with E-state index in [1.807, 2.05) is 6.07 Å². The van der Waals surface area contributed by atoms with E-state index in [-0.39, 0.29) is 0 Å². The van der Waals surface area contributed by atoms with Gasteiger partial charge in [-0.25, -0.2) is 4.79 Å². The van der Waals surface area contributed by atoms with Crippen molar-refractivity contribution in [2.24, 2.45) is 5.10 Å². The van der Waals surface area contributed by atoms with Gasteiger partial charge >= 0.3 is 5.97 Å². The largest absolute Gasteiger partial charge is 0.465 e. The van der Waals surface area contributed by atoms with Crippen LogP contribution in [-0.2, 0) is 4.74 Å². The van der Waals surface area contributed by atoms with Gasteiger partial charge in [0.25, 0.3) is 0 Å². The third kappa shape index (κ3) is 3.70. The summed E-state index contributed by atoms with van der Waals surface area (Å²) in [4.78, 5) is 11.8. The molecule has 2 rings (SSSR count). The Morgan fingerprint density at radius 1 is 1.32 bits per heavy atom. The predicted molar refractivity (Wildman–Crippen MR) is 87.9 cm³/mol. The number of hydrogen-bond acceptors (Lipinski definition) is 5. The summed E-state index contributed by atoms with van der Waals surface area (Å²) in [6.45, 7) is 0. The maximum atomic E-state index is 11.8. The second kappa shape index (κ2) is 7.37. The average molecular weight is 317 g/mol. The Labute approximate surface area is 133 Å². The number of carbonyl (C=O) groups excluding carboxylic acids is 1. The first-order chi connectivity index (χ1) is 10.7. The Bertz CT molecular complexity index is 710. The standard InChI is InChI=1S/C15H15N3O3S/c1-16-15(22)18-17-9-10-7-8-13(21-10)11-5-3-4-6-12(11)14(19)20-2/h3-9H,1-2H3,(H2,16,18,22). The molecule has 0 radical (unpaired) electrons. The number of rotatable bonds is 4. The number of ether oxygens (including phenoxy) is 1. The lowest BCUT2D eigenvalue weighted by Gasteiger charge is -2.04. The number of furan rings is 1. The number of hydrazone groups is 1. The highest BCUT2D eigenvalue weighted by atomic mass is 32.1. The monoisotopic (exact) mass is 317 g/mol. The molecule has 2 N–H and O–H groups in total. The van der Waals surface area contributed by atoms with Crippen LogP contribution in [0.2, 0.25) is 0 Å². The van der Waals surface area contributed by atoms with E-state index in [4.69, 9.17) is 21.4 Å². The highest BCUT2D eigenvalue weighted by molar-refractivity contribution is 7.80. The minimum absolute atomic E-state index is 0.402. The molecule has 0 saturated carbocycles. The number of methoxy groups -OCH3 is 1. The van der Waals surface area contributed by atoms with E-state index in [0.29, 0.717) is 27.8 Å². The topological polar surface area (TPSA) is 75.9 Å². The molecule has 7 heteroatoms. The van der Waals surface area contributed by atoms with Gasteiger partial charge in [0.05, 0.1) is 18.9 Å². The fourth-order valence-electron chi connectivity index (χ4n) is 1.76. The second-order valence-corrected chi connectivity index (χ2v) is 4.60. The van der Waals surface area contributed by atoms with E-state index in [1.54, 1.807) is 37.4 Å². The van der Waals surface area contributed by atoms with Gasteiger partial charge in [-0.15, -0.1) is 0 Å². The Kier molecular flexibility index (Phi) is 5.26. The van der Waals surface area contributed by atoms with Crippen LogP contribution in [0, 0.1) is 0 Å². The van der Waals surface area contributed by atoms with Crippen LogP contribution >= 0.6 is 12.2 Å². The molecule has 0 saturated heterocycles. The molecular formula is C15H15N3O3S. The van der Waals surface area contributed by atoms with Crippen molar-refractivity contribution >= 4 is 29.5 Å². The molecule has 0 atom stereocenters. The lowest BCUT2D eigenvalue weighted by atomic mass is 10.1. The zero-order chi connectivity index (χ0) is 15.9. The van der Waals surface area contributed by atoms with Crippen LogP contribution in [0.15, 0.2) is 45.9 Å². The first-order valence-corrected chi connectivity index (χ1v) is 6.85. The Balaban J connectivity index is 2.22. The molecule has 0 amide bonds. The van der Waals surface area contributed by atoms with Crippen molar-refractivity contribution in [3.8, 4) is 11.3 Å². The summed E-state index contributed by atoms with van der Waals surface area (Å²) in [7, 11) is 3.04. The molecule has 0 fully saturated rings. The first-order valence-electron chi connectivity index (χ1n) is 6.44. The van der Waals surface area contributed by atoms with Gasteiger partial charge in [0.2, 0.25) is 0 Å². The Morgan fingerprint density at radius 2 is 2.09 bits per heavy atom. The highest BCUT2D eigenvalue weighted by Gasteiger charge is 2.14. The maximum Gasteiger partial charge on any atom is 0.338 e. The summed E-state index contributed by atoms with van der Waals surface area (Å²) in [5, 5.41) is 7.06. The van der Waals surface area contributed by atoms with Crippen LogP contribution in [0.25, 0.3) is 11.3 Å². The number of nitrogens with zero attached hydrogens (tertiary/aromatic N) is 1. The van der Waals surface area contributed by atoms with Gasteiger partial charge in [-0.2, -0.15) is 5.10 Å². The van der Waals surface area contributed by atoms with Crippen molar-refractivity contribution in [2.75, 3.05) is 14.2 Å². The normalized spacial score (nSPS) is 10.5. The molecule has 0 aliphatic carbocycles. The van der Waals surface area contributed by atoms with Crippen molar-refractivity contribution in [3.63, 3.8) is 0 Å². The first kappa shape index (κ1) is 15.7. The fourth-order valence-corrected chi connectivity index (χ4v) is 1.82. The number of carbonyl (C=O) groups is 1. The second-order valence-electron chi connectivity index (χ2n) is 4.19. The number of thiocarbonyl (C=S) groups is 1. The van der Waals surface area contributed by atoms with Gasteiger partial charge in [0, 0.05) is 12.6 Å². The molecule has 114 valence electrons. The van der Waals surface area contributed by atoms with Crippen molar-refractivity contribution in [2.45, 2.75) is 0 Å². The minimum atomic E-state index is -0.414. The van der Waals surface area contributed by atoms with Crippen LogP contribution in [0.3, 0.4) is 0 Å². The van der Waals surface area contributed by atoms with Gasteiger partial charge in [-0.3, -0.25) is 5.43 Å². The molecule has 1 aromatic heterocycles. The molecule has 0 bridgehead atoms. The average Bonchev–Trinajstić information content (AvgIpc) is 3.02. The van der Waals surface area contributed by atoms with Gasteiger partial charge < -0.3 is 14.5 Å². The summed E-state index contributed by atoms with van der Waals surface area (Å²) in [5.41, 5.74) is 3.73. The highest BCUT2D eigenvalue weighted by Crippen LogP contribution is 2.25. The van der Waals surface area contributed by atoms with Crippen LogP contribution < -0.4 is 10.7 Å². The lowest BCUT2D eigenvalue weighted by Crippen LogP contribution is -2.28. The van der Waals surface area contributed by atoms with Crippen LogP contribution in [-0.4, -0.2) is 31.5 Å². The SMILES string of the molecule is CNC(=S)NN=Cc1ccc(-c2ccccc2C(=O)OC)o1. The third-order valence-electron chi connectivity index (χ3n) is 2.81. The van der Waals surface area contributed by atoms with Crippen LogP contribution in [0.5, 0.6) is 0 Å². The molecular weight excluding hydrogens is 302 g/mol. The summed E-state index contributed by atoms with van der Waals surface area (Å²) >= 11 is 4.89. The number of benzene rings is 1. The van der Waals surface area contributed by atoms with Crippen molar-refractivity contribution in [3.05, 3.63) is 47.7 Å². The van der Waals surface area contributed by atoms with Crippen molar-refractivity contribution in [1.82, 2.24) is 10.7 Å². The molecule has 2 aromatic rings. The third-order valence-corrected chi connectivity index (χ3v) is 3.10. The summed E-state index contributed by atoms with van der Waals surface area (Å²) in [5.74, 6) is 0.669. The zero-order valence-corrected chi connectivity index (χ0v) is 12.9. The lowest BCUT2D eigenvalue weighted by molar-refractivity contribution is 0.0601. The molecule has 22 heavy (non-hydrogen) atoms. The summed E-state index contributed by atoms with van der Waals surface area (Å²) in [6.07, 6.45) is 1.49.